The largest absolute Gasteiger partial charge is 0.0843 e. The monoisotopic (exact) mass is 382 g/mol. The highest BCUT2D eigenvalue weighted by Crippen LogP contribution is 2.80. The first-order chi connectivity index (χ1) is 13.7. The molecule has 5 unspecified atom stereocenters. The molecule has 0 nitrogen and oxygen atoms in total. The van der Waals surface area contributed by atoms with Crippen molar-refractivity contribution in [3.05, 3.63) is 82.9 Å². The first-order valence-electron chi connectivity index (χ1n) is 10.7. The van der Waals surface area contributed by atoms with E-state index in [9.17, 15) is 0 Å². The molecule has 5 atom stereocenters. The molecule has 1 heteroatoms. The number of fused-ring (bicyclic) bond motifs is 6. The lowest BCUT2D eigenvalue weighted by Crippen LogP contribution is -2.58. The van der Waals surface area contributed by atoms with Gasteiger partial charge in [-0.1, -0.05) is 66.2 Å². The minimum atomic E-state index is 0.617. The Hall–Kier alpha value is -2.05. The van der Waals surface area contributed by atoms with Gasteiger partial charge in [-0.15, -0.1) is 0 Å². The van der Waals surface area contributed by atoms with Crippen molar-refractivity contribution < 1.29 is 0 Å². The molecule has 3 aromatic rings. The zero-order chi connectivity index (χ0) is 18.5. The second-order valence-electron chi connectivity index (χ2n) is 9.56. The summed E-state index contributed by atoms with van der Waals surface area (Å²) in [5.41, 5.74) is 9.42. The van der Waals surface area contributed by atoms with Crippen LogP contribution in [0.25, 0.3) is 22.3 Å². The van der Waals surface area contributed by atoms with Gasteiger partial charge in [-0.2, -0.15) is 0 Å². The van der Waals surface area contributed by atoms with Crippen LogP contribution in [0, 0.1) is 17.3 Å². The molecule has 1 spiro atoms. The molecule has 0 aliphatic heterocycles. The van der Waals surface area contributed by atoms with Crippen LogP contribution in [0.15, 0.2) is 66.7 Å². The summed E-state index contributed by atoms with van der Waals surface area (Å²) in [5.74, 6) is 3.49. The van der Waals surface area contributed by atoms with Gasteiger partial charge in [0.15, 0.2) is 0 Å². The van der Waals surface area contributed by atoms with Gasteiger partial charge in [0.25, 0.3) is 0 Å². The molecule has 2 bridgehead atoms. The van der Waals surface area contributed by atoms with Gasteiger partial charge in [0.05, 0.1) is 0 Å². The summed E-state index contributed by atoms with van der Waals surface area (Å²) in [6, 6.07) is 24.8. The molecule has 7 rings (SSSR count). The number of hydrogen-bond donors (Lipinski definition) is 0. The topological polar surface area (TPSA) is 0 Å². The molecule has 3 saturated carbocycles. The van der Waals surface area contributed by atoms with Crippen LogP contribution >= 0.6 is 11.6 Å². The van der Waals surface area contributed by atoms with Crippen molar-refractivity contribution in [2.24, 2.45) is 17.3 Å². The van der Waals surface area contributed by atoms with Crippen LogP contribution in [0.1, 0.15) is 48.6 Å². The molecule has 0 amide bonds. The van der Waals surface area contributed by atoms with Gasteiger partial charge in [0.2, 0.25) is 0 Å². The van der Waals surface area contributed by atoms with Crippen LogP contribution in [0.5, 0.6) is 0 Å². The lowest BCUT2D eigenvalue weighted by Gasteiger charge is -2.67. The Morgan fingerprint density at radius 1 is 0.714 bits per heavy atom. The molecule has 0 N–H and O–H groups in total. The van der Waals surface area contributed by atoms with Crippen molar-refractivity contribution >= 4 is 11.6 Å². The van der Waals surface area contributed by atoms with Crippen molar-refractivity contribution in [2.75, 3.05) is 0 Å². The number of benzene rings is 3. The maximum absolute atomic E-state index is 6.12. The van der Waals surface area contributed by atoms with E-state index in [0.29, 0.717) is 5.41 Å². The van der Waals surface area contributed by atoms with Crippen molar-refractivity contribution in [3.63, 3.8) is 0 Å². The summed E-state index contributed by atoms with van der Waals surface area (Å²) < 4.78 is 0. The third-order valence-corrected chi connectivity index (χ3v) is 8.97. The predicted octanol–water partition coefficient (Wildman–Crippen LogP) is 7.67. The van der Waals surface area contributed by atoms with E-state index in [2.05, 4.69) is 54.6 Å². The van der Waals surface area contributed by atoms with E-state index in [0.717, 1.165) is 28.7 Å². The van der Waals surface area contributed by atoms with Crippen LogP contribution in [0.2, 0.25) is 5.02 Å². The number of hydrogen-bond acceptors (Lipinski definition) is 0. The molecule has 0 aromatic heterocycles. The van der Waals surface area contributed by atoms with Crippen LogP contribution in [0.3, 0.4) is 0 Å². The molecule has 3 aromatic carbocycles. The summed E-state index contributed by atoms with van der Waals surface area (Å²) in [6.07, 6.45) is 5.74. The van der Waals surface area contributed by atoms with E-state index in [4.69, 9.17) is 11.6 Å². The predicted molar refractivity (Wildman–Crippen MR) is 116 cm³/mol. The average molecular weight is 383 g/mol. The average Bonchev–Trinajstić information content (AvgIpc) is 3.08. The first kappa shape index (κ1) is 15.8. The summed E-state index contributed by atoms with van der Waals surface area (Å²) >= 11 is 6.12. The second-order valence-corrected chi connectivity index (χ2v) is 10.00. The minimum Gasteiger partial charge on any atom is -0.0843 e. The van der Waals surface area contributed by atoms with Gasteiger partial charge < -0.3 is 0 Å². The van der Waals surface area contributed by atoms with E-state index >= 15 is 0 Å². The SMILES string of the molecule is Clc1ccc(-c2ccc3c(c2)C2CC4CC5CC(CC542)c2ccccc2-3)cc1. The normalized spacial score (nSPS) is 33.5. The van der Waals surface area contributed by atoms with Gasteiger partial charge in [0.1, 0.15) is 0 Å². The standard InChI is InChI=1S/C27H23Cl/c28-21-8-5-16(6-9-21)17-7-10-24-23-4-2-1-3-22(23)18-11-19-13-20-14-26(25(24)12-17)27(19,20)15-18/h1-10,12,18-20,26H,11,13-15H2. The Morgan fingerprint density at radius 3 is 2.32 bits per heavy atom. The molecule has 0 heterocycles. The Balaban J connectivity index is 1.47. The van der Waals surface area contributed by atoms with E-state index in [-0.39, 0.29) is 0 Å². The lowest BCUT2D eigenvalue weighted by molar-refractivity contribution is -0.144. The second kappa shape index (κ2) is 5.30. The van der Waals surface area contributed by atoms with Crippen molar-refractivity contribution in [3.8, 4) is 22.3 Å². The third-order valence-electron chi connectivity index (χ3n) is 8.72. The minimum absolute atomic E-state index is 0.617. The van der Waals surface area contributed by atoms with Gasteiger partial charge in [-0.3, -0.25) is 0 Å². The molecule has 0 radical (unpaired) electrons. The van der Waals surface area contributed by atoms with Crippen molar-refractivity contribution in [1.29, 1.82) is 0 Å². The van der Waals surface area contributed by atoms with Crippen molar-refractivity contribution in [1.82, 2.24) is 0 Å². The molecule has 0 saturated heterocycles. The number of halogens is 1. The Bertz CT molecular complexity index is 1110. The quantitative estimate of drug-likeness (QED) is 0.405. The molecule has 4 aliphatic rings. The van der Waals surface area contributed by atoms with Crippen LogP contribution in [-0.4, -0.2) is 0 Å². The fourth-order valence-corrected chi connectivity index (χ4v) is 7.62. The Labute approximate surface area is 171 Å². The maximum Gasteiger partial charge on any atom is 0.0406 e. The van der Waals surface area contributed by atoms with Gasteiger partial charge >= 0.3 is 0 Å². The lowest BCUT2D eigenvalue weighted by atomic mass is 9.37. The molecule has 138 valence electrons. The van der Waals surface area contributed by atoms with E-state index in [1.54, 1.807) is 11.1 Å². The third kappa shape index (κ3) is 1.83. The first-order valence-corrected chi connectivity index (χ1v) is 11.1. The van der Waals surface area contributed by atoms with Crippen LogP contribution in [0.4, 0.5) is 0 Å². The van der Waals surface area contributed by atoms with Gasteiger partial charge in [-0.05, 0) is 100 Å². The number of rotatable bonds is 1. The van der Waals surface area contributed by atoms with Gasteiger partial charge in [0, 0.05) is 5.02 Å². The molecule has 28 heavy (non-hydrogen) atoms. The van der Waals surface area contributed by atoms with E-state index < -0.39 is 0 Å². The smallest absolute Gasteiger partial charge is 0.0406 e. The zero-order valence-electron chi connectivity index (χ0n) is 15.9. The highest BCUT2D eigenvalue weighted by molar-refractivity contribution is 6.30. The fourth-order valence-electron chi connectivity index (χ4n) is 7.50. The highest BCUT2D eigenvalue weighted by atomic mass is 35.5. The van der Waals surface area contributed by atoms with Crippen LogP contribution < -0.4 is 0 Å². The molecule has 4 aliphatic carbocycles. The Kier molecular flexibility index (Phi) is 3.00. The van der Waals surface area contributed by atoms with Crippen molar-refractivity contribution in [2.45, 2.75) is 37.5 Å². The maximum atomic E-state index is 6.12. The molecular formula is C27H23Cl. The summed E-state index contributed by atoms with van der Waals surface area (Å²) in [7, 11) is 0. The van der Waals surface area contributed by atoms with E-state index in [1.807, 2.05) is 12.1 Å². The van der Waals surface area contributed by atoms with Crippen LogP contribution in [-0.2, 0) is 0 Å². The zero-order valence-corrected chi connectivity index (χ0v) is 16.6. The molecular weight excluding hydrogens is 360 g/mol. The van der Waals surface area contributed by atoms with E-state index in [1.165, 1.54) is 47.9 Å². The summed E-state index contributed by atoms with van der Waals surface area (Å²) in [6.45, 7) is 0. The fraction of sp³-hybridized carbons (Fsp3) is 0.333. The molecule has 3 fully saturated rings. The Morgan fingerprint density at radius 2 is 1.46 bits per heavy atom. The summed E-state index contributed by atoms with van der Waals surface area (Å²) in [4.78, 5) is 0. The summed E-state index contributed by atoms with van der Waals surface area (Å²) in [5, 5.41) is 0.805. The highest BCUT2D eigenvalue weighted by Gasteiger charge is 2.70. The van der Waals surface area contributed by atoms with Gasteiger partial charge in [-0.25, -0.2) is 0 Å².